The van der Waals surface area contributed by atoms with E-state index in [0.717, 1.165) is 36.3 Å². The Morgan fingerprint density at radius 3 is 2.83 bits per heavy atom. The second kappa shape index (κ2) is 9.30. The number of H-pyrrole nitrogens is 1. The Balaban J connectivity index is 1.36. The summed E-state index contributed by atoms with van der Waals surface area (Å²) < 4.78 is 20.2. The van der Waals surface area contributed by atoms with Gasteiger partial charge in [-0.3, -0.25) is 9.89 Å². The van der Waals surface area contributed by atoms with Gasteiger partial charge in [-0.15, -0.1) is 0 Å². The Labute approximate surface area is 207 Å². The van der Waals surface area contributed by atoms with Crippen molar-refractivity contribution in [3.05, 3.63) is 53.6 Å². The molecule has 188 valence electrons. The number of aromatic nitrogens is 5. The quantitative estimate of drug-likeness (QED) is 0.375. The predicted octanol–water partition coefficient (Wildman–Crippen LogP) is 3.17. The number of halogens is 1. The van der Waals surface area contributed by atoms with Gasteiger partial charge in [-0.1, -0.05) is 38.1 Å². The Morgan fingerprint density at radius 1 is 1.31 bits per heavy atom. The maximum Gasteiger partial charge on any atom is 0.315 e. The topological polar surface area (TPSA) is 125 Å². The van der Waals surface area contributed by atoms with E-state index in [1.807, 2.05) is 40.0 Å². The maximum atomic E-state index is 15.1. The van der Waals surface area contributed by atoms with Crippen LogP contribution < -0.4 is 15.5 Å². The van der Waals surface area contributed by atoms with Crippen LogP contribution in [0.25, 0.3) is 22.2 Å². The van der Waals surface area contributed by atoms with Crippen LogP contribution in [0.2, 0.25) is 0 Å². The molecule has 11 heteroatoms. The van der Waals surface area contributed by atoms with Crippen molar-refractivity contribution in [1.82, 2.24) is 36.0 Å². The van der Waals surface area contributed by atoms with E-state index in [1.165, 1.54) is 6.07 Å². The summed E-state index contributed by atoms with van der Waals surface area (Å²) in [5.74, 6) is 0.120. The van der Waals surface area contributed by atoms with Crippen molar-refractivity contribution in [2.75, 3.05) is 25.0 Å². The number of fused-ring (bicyclic) bond motifs is 1. The van der Waals surface area contributed by atoms with E-state index in [-0.39, 0.29) is 17.9 Å². The molecule has 0 bridgehead atoms. The lowest BCUT2D eigenvalue weighted by atomic mass is 9.96. The fourth-order valence-corrected chi connectivity index (χ4v) is 4.32. The highest BCUT2D eigenvalue weighted by molar-refractivity contribution is 6.00. The van der Waals surface area contributed by atoms with Gasteiger partial charge in [0.15, 0.2) is 17.3 Å². The first-order valence-electron chi connectivity index (χ1n) is 11.9. The molecule has 0 aliphatic carbocycles. The molecule has 0 radical (unpaired) electrons. The van der Waals surface area contributed by atoms with E-state index in [2.05, 4.69) is 40.9 Å². The number of amides is 1. The molecule has 36 heavy (non-hydrogen) atoms. The molecule has 1 fully saturated rings. The summed E-state index contributed by atoms with van der Waals surface area (Å²) in [6.07, 6.45) is 2.71. The van der Waals surface area contributed by atoms with E-state index in [4.69, 9.17) is 4.52 Å². The number of nitrogens with one attached hydrogen (secondary N) is 3. The zero-order valence-electron chi connectivity index (χ0n) is 20.7. The Bertz CT molecular complexity index is 1410. The van der Waals surface area contributed by atoms with E-state index in [9.17, 15) is 4.79 Å². The molecule has 4 aromatic rings. The van der Waals surface area contributed by atoms with Crippen molar-refractivity contribution in [2.24, 2.45) is 0 Å². The van der Waals surface area contributed by atoms with Gasteiger partial charge < -0.3 is 20.1 Å². The van der Waals surface area contributed by atoms with Crippen molar-refractivity contribution < 1.29 is 13.7 Å². The van der Waals surface area contributed by atoms with Crippen molar-refractivity contribution in [2.45, 2.75) is 45.2 Å². The van der Waals surface area contributed by atoms with Crippen LogP contribution >= 0.6 is 0 Å². The minimum absolute atomic E-state index is 0.0138. The zero-order valence-corrected chi connectivity index (χ0v) is 20.7. The number of likely N-dealkylation sites (N-methyl/N-ethyl adjacent to an activating group) is 1. The van der Waals surface area contributed by atoms with Gasteiger partial charge in [0, 0.05) is 42.9 Å². The summed E-state index contributed by atoms with van der Waals surface area (Å²) in [7, 11) is 1.96. The second-order valence-corrected chi connectivity index (χ2v) is 10.0. The highest BCUT2D eigenvalue weighted by Crippen LogP contribution is 2.35. The standard InChI is InChI=1S/C25H29FN8O2/c1-25(2,3)24-30-23(36-33-24)22(35)29-12-15-6-5-14(11-18(15)26)17-7-9-28-20-19(17)21(32-31-20)34-10-8-16(13-34)27-4/h5-7,9,11,16,27H,8,10,12-13H2,1-4H3,(H,29,35)(H,28,31,32). The molecule has 0 saturated carbocycles. The lowest BCUT2D eigenvalue weighted by molar-refractivity contribution is 0.0906. The highest BCUT2D eigenvalue weighted by Gasteiger charge is 2.26. The molecular formula is C25H29FN8O2. The number of rotatable bonds is 6. The number of anilines is 1. The fraction of sp³-hybridized carbons (Fsp3) is 0.400. The van der Waals surface area contributed by atoms with Crippen molar-refractivity contribution in [1.29, 1.82) is 0 Å². The van der Waals surface area contributed by atoms with E-state index >= 15 is 4.39 Å². The summed E-state index contributed by atoms with van der Waals surface area (Å²) in [6.45, 7) is 7.47. The average Bonchev–Trinajstić information content (AvgIpc) is 3.61. The van der Waals surface area contributed by atoms with Crippen molar-refractivity contribution in [3.63, 3.8) is 0 Å². The van der Waals surface area contributed by atoms with Gasteiger partial charge in [-0.2, -0.15) is 10.1 Å². The molecule has 10 nitrogen and oxygen atoms in total. The van der Waals surface area contributed by atoms with Crippen LogP contribution in [0.3, 0.4) is 0 Å². The van der Waals surface area contributed by atoms with Crippen LogP contribution in [-0.2, 0) is 12.0 Å². The molecule has 1 aliphatic heterocycles. The number of benzene rings is 1. The molecule has 1 unspecified atom stereocenters. The Kier molecular flexibility index (Phi) is 6.17. The summed E-state index contributed by atoms with van der Waals surface area (Å²) in [5, 5.41) is 18.2. The molecule has 1 aliphatic rings. The van der Waals surface area contributed by atoms with Crippen LogP contribution in [0.4, 0.5) is 10.2 Å². The third-order valence-electron chi connectivity index (χ3n) is 6.43. The van der Waals surface area contributed by atoms with Gasteiger partial charge >= 0.3 is 11.8 Å². The summed E-state index contributed by atoms with van der Waals surface area (Å²) >= 11 is 0. The molecule has 3 N–H and O–H groups in total. The Morgan fingerprint density at radius 2 is 2.14 bits per heavy atom. The number of nitrogens with zero attached hydrogens (tertiary/aromatic N) is 5. The smallest absolute Gasteiger partial charge is 0.315 e. The zero-order chi connectivity index (χ0) is 25.4. The molecule has 5 rings (SSSR count). The van der Waals surface area contributed by atoms with Gasteiger partial charge in [0.25, 0.3) is 0 Å². The first kappa shape index (κ1) is 23.9. The molecule has 1 amide bonds. The fourth-order valence-electron chi connectivity index (χ4n) is 4.32. The SMILES string of the molecule is CNC1CCN(c2n[nH]c3nccc(-c4ccc(CNC(=O)c5nc(C(C)(C)C)no5)c(F)c4)c23)C1. The minimum atomic E-state index is -0.550. The monoisotopic (exact) mass is 492 g/mol. The van der Waals surface area contributed by atoms with E-state index in [0.29, 0.717) is 28.6 Å². The lowest BCUT2D eigenvalue weighted by Crippen LogP contribution is -2.29. The number of carbonyl (C=O) groups is 1. The predicted molar refractivity (Wildman–Crippen MR) is 133 cm³/mol. The van der Waals surface area contributed by atoms with Gasteiger partial charge in [0.1, 0.15) is 5.82 Å². The second-order valence-electron chi connectivity index (χ2n) is 10.0. The van der Waals surface area contributed by atoms with Crippen LogP contribution in [0, 0.1) is 5.82 Å². The van der Waals surface area contributed by atoms with Gasteiger partial charge in [0.05, 0.1) is 5.39 Å². The molecule has 4 heterocycles. The third kappa shape index (κ3) is 4.53. The molecule has 0 spiro atoms. The van der Waals surface area contributed by atoms with Gasteiger partial charge in [0.2, 0.25) is 0 Å². The van der Waals surface area contributed by atoms with Crippen LogP contribution in [0.5, 0.6) is 0 Å². The first-order valence-corrected chi connectivity index (χ1v) is 11.9. The molecule has 1 aromatic carbocycles. The van der Waals surface area contributed by atoms with Crippen molar-refractivity contribution >= 4 is 22.8 Å². The van der Waals surface area contributed by atoms with Crippen molar-refractivity contribution in [3.8, 4) is 11.1 Å². The van der Waals surface area contributed by atoms with Crippen LogP contribution in [0.15, 0.2) is 35.0 Å². The van der Waals surface area contributed by atoms with E-state index < -0.39 is 11.7 Å². The largest absolute Gasteiger partial charge is 0.353 e. The van der Waals surface area contributed by atoms with Gasteiger partial charge in [-0.25, -0.2) is 9.37 Å². The summed E-state index contributed by atoms with van der Waals surface area (Å²) in [5.41, 5.74) is 2.19. The number of aromatic amines is 1. The molecule has 1 atom stereocenters. The Hall–Kier alpha value is -3.86. The number of hydrogen-bond acceptors (Lipinski definition) is 8. The molecule has 1 saturated heterocycles. The molecule has 3 aromatic heterocycles. The molecular weight excluding hydrogens is 463 g/mol. The third-order valence-corrected chi connectivity index (χ3v) is 6.43. The minimum Gasteiger partial charge on any atom is -0.353 e. The lowest BCUT2D eigenvalue weighted by Gasteiger charge is -2.17. The summed E-state index contributed by atoms with van der Waals surface area (Å²) in [6, 6.07) is 7.23. The van der Waals surface area contributed by atoms with Crippen LogP contribution in [-0.4, -0.2) is 57.4 Å². The van der Waals surface area contributed by atoms with E-state index in [1.54, 1.807) is 12.3 Å². The van der Waals surface area contributed by atoms with Gasteiger partial charge in [-0.05, 0) is 36.7 Å². The maximum absolute atomic E-state index is 15.1. The highest BCUT2D eigenvalue weighted by atomic mass is 19.1. The van der Waals surface area contributed by atoms with Crippen LogP contribution in [0.1, 0.15) is 49.3 Å². The number of carbonyl (C=O) groups excluding carboxylic acids is 1. The number of pyridine rings is 1. The number of hydrogen-bond donors (Lipinski definition) is 3. The average molecular weight is 493 g/mol. The first-order chi connectivity index (χ1) is 17.2. The normalized spacial score (nSPS) is 16.1. The summed E-state index contributed by atoms with van der Waals surface area (Å²) in [4.78, 5) is 23.2.